The zero-order valence-corrected chi connectivity index (χ0v) is 16.2. The number of halogens is 2. The molecule has 1 aliphatic rings. The van der Waals surface area contributed by atoms with Gasteiger partial charge in [-0.1, -0.05) is 12.1 Å². The highest BCUT2D eigenvalue weighted by Gasteiger charge is 2.29. The summed E-state index contributed by atoms with van der Waals surface area (Å²) in [6, 6.07) is 9.28. The molecule has 27 heavy (non-hydrogen) atoms. The predicted octanol–water partition coefficient (Wildman–Crippen LogP) is 4.30. The number of aromatic nitrogens is 1. The van der Waals surface area contributed by atoms with Gasteiger partial charge in [0.2, 0.25) is 15.9 Å². The molecule has 2 aromatic rings. The van der Waals surface area contributed by atoms with Crippen LogP contribution in [0.1, 0.15) is 50.1 Å². The van der Waals surface area contributed by atoms with E-state index in [9.17, 15) is 17.2 Å². The van der Waals surface area contributed by atoms with Gasteiger partial charge in [0.1, 0.15) is 11.4 Å². The smallest absolute Gasteiger partial charge is 0.287 e. The number of sulfonamides is 1. The highest BCUT2D eigenvalue weighted by Crippen LogP contribution is 2.35. The number of pyridine rings is 1. The molecule has 5 nitrogen and oxygen atoms in total. The van der Waals surface area contributed by atoms with Crippen LogP contribution in [0.3, 0.4) is 0 Å². The Balaban J connectivity index is 1.78. The average molecular weight is 396 g/mol. The van der Waals surface area contributed by atoms with Crippen molar-refractivity contribution >= 4 is 10.0 Å². The van der Waals surface area contributed by atoms with E-state index in [1.807, 2.05) is 6.07 Å². The fraction of sp³-hybridized carbons (Fsp3) is 0.421. The van der Waals surface area contributed by atoms with E-state index in [0.29, 0.717) is 18.6 Å². The zero-order chi connectivity index (χ0) is 19.8. The van der Waals surface area contributed by atoms with Gasteiger partial charge in [0.25, 0.3) is 5.92 Å². The van der Waals surface area contributed by atoms with Crippen LogP contribution in [0.5, 0.6) is 11.6 Å². The predicted molar refractivity (Wildman–Crippen MR) is 98.6 cm³/mol. The number of ether oxygens (including phenoxy) is 1. The van der Waals surface area contributed by atoms with Crippen LogP contribution >= 0.6 is 0 Å². The molecular formula is C19H22F2N2O3S. The largest absolute Gasteiger partial charge is 0.439 e. The molecule has 1 unspecified atom stereocenters. The SMILES string of the molecule is CC(C)S(=O)(=O)NC1CCc2cc(Oc3cccc(C(C)(F)F)n3)ccc21. The molecule has 1 aromatic carbocycles. The summed E-state index contributed by atoms with van der Waals surface area (Å²) >= 11 is 0. The first-order chi connectivity index (χ1) is 12.6. The second kappa shape index (κ2) is 7.16. The van der Waals surface area contributed by atoms with Gasteiger partial charge in [0.15, 0.2) is 0 Å². The van der Waals surface area contributed by atoms with E-state index >= 15 is 0 Å². The van der Waals surface area contributed by atoms with Gasteiger partial charge < -0.3 is 4.74 Å². The van der Waals surface area contributed by atoms with Crippen molar-refractivity contribution < 1.29 is 21.9 Å². The molecule has 0 spiro atoms. The molecule has 0 saturated heterocycles. The van der Waals surface area contributed by atoms with Crippen molar-refractivity contribution in [3.8, 4) is 11.6 Å². The third-order valence-electron chi connectivity index (χ3n) is 4.52. The number of alkyl halides is 2. The zero-order valence-electron chi connectivity index (χ0n) is 15.4. The molecule has 3 rings (SSSR count). The van der Waals surface area contributed by atoms with Gasteiger partial charge in [-0.05, 0) is 56.0 Å². The van der Waals surface area contributed by atoms with Gasteiger partial charge in [-0.3, -0.25) is 0 Å². The van der Waals surface area contributed by atoms with E-state index in [4.69, 9.17) is 4.74 Å². The Morgan fingerprint density at radius 3 is 2.67 bits per heavy atom. The number of benzene rings is 1. The molecule has 1 aromatic heterocycles. The molecule has 0 saturated carbocycles. The minimum Gasteiger partial charge on any atom is -0.439 e. The van der Waals surface area contributed by atoms with E-state index < -0.39 is 21.2 Å². The summed E-state index contributed by atoms with van der Waals surface area (Å²) in [5.41, 5.74) is 1.53. The van der Waals surface area contributed by atoms with Crippen LogP contribution in [0.2, 0.25) is 0 Å². The topological polar surface area (TPSA) is 68.3 Å². The Morgan fingerprint density at radius 1 is 1.26 bits per heavy atom. The second-order valence-electron chi connectivity index (χ2n) is 7.01. The van der Waals surface area contributed by atoms with Crippen LogP contribution < -0.4 is 9.46 Å². The summed E-state index contributed by atoms with van der Waals surface area (Å²) in [5.74, 6) is -2.48. The molecule has 1 heterocycles. The van der Waals surface area contributed by atoms with Gasteiger partial charge in [0, 0.05) is 19.0 Å². The van der Waals surface area contributed by atoms with Gasteiger partial charge in [0.05, 0.1) is 5.25 Å². The first-order valence-electron chi connectivity index (χ1n) is 8.73. The molecule has 0 bridgehead atoms. The minimum absolute atomic E-state index is 0.0871. The van der Waals surface area contributed by atoms with Crippen LogP contribution in [-0.2, 0) is 22.4 Å². The van der Waals surface area contributed by atoms with Crippen molar-refractivity contribution in [2.24, 2.45) is 0 Å². The summed E-state index contributed by atoms with van der Waals surface area (Å²) in [5, 5.41) is -0.501. The van der Waals surface area contributed by atoms with Crippen LogP contribution in [-0.4, -0.2) is 18.7 Å². The van der Waals surface area contributed by atoms with Crippen molar-refractivity contribution in [3.63, 3.8) is 0 Å². The van der Waals surface area contributed by atoms with E-state index in [2.05, 4.69) is 9.71 Å². The molecule has 0 aliphatic heterocycles. The minimum atomic E-state index is -3.36. The quantitative estimate of drug-likeness (QED) is 0.790. The van der Waals surface area contributed by atoms with Crippen molar-refractivity contribution in [3.05, 3.63) is 53.2 Å². The van der Waals surface area contributed by atoms with Crippen molar-refractivity contribution in [2.75, 3.05) is 0 Å². The monoisotopic (exact) mass is 396 g/mol. The summed E-state index contributed by atoms with van der Waals surface area (Å²) in [6.45, 7) is 4.05. The Labute approximate surface area is 157 Å². The van der Waals surface area contributed by atoms with Crippen molar-refractivity contribution in [2.45, 2.75) is 50.8 Å². The second-order valence-corrected chi connectivity index (χ2v) is 9.28. The summed E-state index contributed by atoms with van der Waals surface area (Å²) < 4.78 is 59.4. The lowest BCUT2D eigenvalue weighted by atomic mass is 10.1. The van der Waals surface area contributed by atoms with Crippen molar-refractivity contribution in [1.29, 1.82) is 0 Å². The molecule has 1 atom stereocenters. The lowest BCUT2D eigenvalue weighted by Gasteiger charge is -2.17. The highest BCUT2D eigenvalue weighted by atomic mass is 32.2. The van der Waals surface area contributed by atoms with Crippen molar-refractivity contribution in [1.82, 2.24) is 9.71 Å². The first-order valence-corrected chi connectivity index (χ1v) is 10.3. The summed E-state index contributed by atoms with van der Waals surface area (Å²) in [7, 11) is -3.36. The normalized spacial score (nSPS) is 17.2. The lowest BCUT2D eigenvalue weighted by Crippen LogP contribution is -2.33. The number of nitrogens with one attached hydrogen (secondary N) is 1. The number of hydrogen-bond acceptors (Lipinski definition) is 4. The Kier molecular flexibility index (Phi) is 5.22. The Bertz CT molecular complexity index is 940. The van der Waals surface area contributed by atoms with E-state index in [-0.39, 0.29) is 17.6 Å². The van der Waals surface area contributed by atoms with Gasteiger partial charge >= 0.3 is 0 Å². The third-order valence-corrected chi connectivity index (χ3v) is 6.37. The van der Waals surface area contributed by atoms with E-state index in [1.54, 1.807) is 26.0 Å². The highest BCUT2D eigenvalue weighted by molar-refractivity contribution is 7.90. The average Bonchev–Trinajstić information content (AvgIpc) is 2.96. The van der Waals surface area contributed by atoms with Crippen LogP contribution in [0, 0.1) is 0 Å². The molecule has 1 N–H and O–H groups in total. The van der Waals surface area contributed by atoms with Crippen LogP contribution in [0.15, 0.2) is 36.4 Å². The fourth-order valence-electron chi connectivity index (χ4n) is 2.95. The molecule has 0 fully saturated rings. The summed E-state index contributed by atoms with van der Waals surface area (Å²) in [6.07, 6.45) is 1.37. The first kappa shape index (κ1) is 19.7. The standard InChI is InChI=1S/C19H22F2N2O3S/c1-12(2)27(24,25)23-16-10-7-13-11-14(8-9-15(13)16)26-18-6-4-5-17(22-18)19(3,20)21/h4-6,8-9,11-12,16,23H,7,10H2,1-3H3. The fourth-order valence-corrected chi connectivity index (χ4v) is 3.86. The molecule has 0 radical (unpaired) electrons. The number of hydrogen-bond donors (Lipinski definition) is 1. The Hall–Kier alpha value is -2.06. The molecular weight excluding hydrogens is 374 g/mol. The van der Waals surface area contributed by atoms with Crippen LogP contribution in [0.4, 0.5) is 8.78 Å². The van der Waals surface area contributed by atoms with Gasteiger partial charge in [-0.15, -0.1) is 0 Å². The van der Waals surface area contributed by atoms with Gasteiger partial charge in [-0.2, -0.15) is 8.78 Å². The number of rotatable bonds is 6. The summed E-state index contributed by atoms with van der Waals surface area (Å²) in [4.78, 5) is 3.85. The number of nitrogens with zero attached hydrogens (tertiary/aromatic N) is 1. The maximum Gasteiger partial charge on any atom is 0.287 e. The van der Waals surface area contributed by atoms with Crippen LogP contribution in [0.25, 0.3) is 0 Å². The maximum atomic E-state index is 13.4. The van der Waals surface area contributed by atoms with Gasteiger partial charge in [-0.25, -0.2) is 18.1 Å². The molecule has 1 aliphatic carbocycles. The maximum absolute atomic E-state index is 13.4. The number of aryl methyl sites for hydroxylation is 1. The Morgan fingerprint density at radius 2 is 2.00 bits per heavy atom. The lowest BCUT2D eigenvalue weighted by molar-refractivity contribution is 0.0123. The molecule has 8 heteroatoms. The molecule has 0 amide bonds. The third kappa shape index (κ3) is 4.44. The molecule has 146 valence electrons. The number of fused-ring (bicyclic) bond motifs is 1. The van der Waals surface area contributed by atoms with E-state index in [1.165, 1.54) is 18.2 Å². The van der Waals surface area contributed by atoms with E-state index in [0.717, 1.165) is 18.1 Å².